The van der Waals surface area contributed by atoms with Gasteiger partial charge in [-0.15, -0.1) is 0 Å². The zero-order valence-corrected chi connectivity index (χ0v) is 12.2. The van der Waals surface area contributed by atoms with Crippen molar-refractivity contribution in [3.8, 4) is 23.4 Å². The van der Waals surface area contributed by atoms with E-state index in [1.165, 1.54) is 0 Å². The van der Waals surface area contributed by atoms with Crippen LogP contribution in [0.1, 0.15) is 39.5 Å². The standard InChI is InChI=1S/C16H22O4/c1-3-5-11-17-15-9-7-13(19-15)14-8-10-16(20-14)18-12-6-4-2/h7-10H,3-6,11-12H2,1-2H3. The van der Waals surface area contributed by atoms with Gasteiger partial charge < -0.3 is 18.3 Å². The molecule has 4 nitrogen and oxygen atoms in total. The van der Waals surface area contributed by atoms with Crippen molar-refractivity contribution in [2.24, 2.45) is 0 Å². The third-order valence-electron chi connectivity index (χ3n) is 2.89. The molecule has 2 aromatic heterocycles. The molecule has 2 aromatic rings. The van der Waals surface area contributed by atoms with Crippen LogP contribution in [0.25, 0.3) is 11.5 Å². The lowest BCUT2D eigenvalue weighted by molar-refractivity contribution is 0.231. The van der Waals surface area contributed by atoms with Crippen molar-refractivity contribution in [2.45, 2.75) is 39.5 Å². The summed E-state index contributed by atoms with van der Waals surface area (Å²) in [6.07, 6.45) is 4.24. The molecule has 20 heavy (non-hydrogen) atoms. The van der Waals surface area contributed by atoms with Gasteiger partial charge >= 0.3 is 0 Å². The molecule has 4 heteroatoms. The zero-order chi connectivity index (χ0) is 14.2. The highest BCUT2D eigenvalue weighted by Crippen LogP contribution is 2.30. The predicted octanol–water partition coefficient (Wildman–Crippen LogP) is 4.90. The van der Waals surface area contributed by atoms with Crippen molar-refractivity contribution in [3.05, 3.63) is 24.3 Å². The molecule has 0 radical (unpaired) electrons. The molecule has 0 aliphatic heterocycles. The number of rotatable bonds is 9. The molecule has 0 saturated carbocycles. The van der Waals surface area contributed by atoms with Crippen LogP contribution in [0.2, 0.25) is 0 Å². The summed E-state index contributed by atoms with van der Waals surface area (Å²) in [6.45, 7) is 5.60. The fourth-order valence-corrected chi connectivity index (χ4v) is 1.69. The molecule has 0 N–H and O–H groups in total. The third kappa shape index (κ3) is 4.08. The summed E-state index contributed by atoms with van der Waals surface area (Å²) in [7, 11) is 0. The number of ether oxygens (including phenoxy) is 2. The van der Waals surface area contributed by atoms with Crippen molar-refractivity contribution < 1.29 is 18.3 Å². The fourth-order valence-electron chi connectivity index (χ4n) is 1.69. The Morgan fingerprint density at radius 3 is 1.60 bits per heavy atom. The Morgan fingerprint density at radius 1 is 0.750 bits per heavy atom. The van der Waals surface area contributed by atoms with Gasteiger partial charge in [-0.3, -0.25) is 0 Å². The molecule has 0 aliphatic carbocycles. The van der Waals surface area contributed by atoms with E-state index in [-0.39, 0.29) is 0 Å². The van der Waals surface area contributed by atoms with Gasteiger partial charge in [-0.1, -0.05) is 26.7 Å². The summed E-state index contributed by atoms with van der Waals surface area (Å²) in [5.41, 5.74) is 0. The summed E-state index contributed by atoms with van der Waals surface area (Å²) in [5.74, 6) is 2.36. The molecule has 0 spiro atoms. The Balaban J connectivity index is 1.90. The summed E-state index contributed by atoms with van der Waals surface area (Å²) in [5, 5.41) is 0. The molecule has 2 heterocycles. The Bertz CT molecular complexity index is 452. The van der Waals surface area contributed by atoms with E-state index < -0.39 is 0 Å². The maximum atomic E-state index is 5.58. The van der Waals surface area contributed by atoms with Gasteiger partial charge in [-0.05, 0) is 25.0 Å². The Morgan fingerprint density at radius 2 is 1.20 bits per heavy atom. The highest BCUT2D eigenvalue weighted by Gasteiger charge is 2.10. The summed E-state index contributed by atoms with van der Waals surface area (Å²) < 4.78 is 22.2. The third-order valence-corrected chi connectivity index (χ3v) is 2.89. The predicted molar refractivity (Wildman–Crippen MR) is 77.2 cm³/mol. The van der Waals surface area contributed by atoms with Crippen molar-refractivity contribution in [2.75, 3.05) is 13.2 Å². The van der Waals surface area contributed by atoms with Crippen LogP contribution in [0, 0.1) is 0 Å². The van der Waals surface area contributed by atoms with E-state index in [1.54, 1.807) is 0 Å². The van der Waals surface area contributed by atoms with Crippen molar-refractivity contribution >= 4 is 0 Å². The Labute approximate surface area is 119 Å². The van der Waals surface area contributed by atoms with Crippen LogP contribution >= 0.6 is 0 Å². The van der Waals surface area contributed by atoms with E-state index in [0.29, 0.717) is 36.6 Å². The van der Waals surface area contributed by atoms with Gasteiger partial charge in [0.15, 0.2) is 11.5 Å². The first-order valence-electron chi connectivity index (χ1n) is 7.29. The second-order valence-corrected chi connectivity index (χ2v) is 4.64. The smallest absolute Gasteiger partial charge is 0.284 e. The molecule has 0 unspecified atom stereocenters. The maximum absolute atomic E-state index is 5.58. The van der Waals surface area contributed by atoms with E-state index in [2.05, 4.69) is 13.8 Å². The van der Waals surface area contributed by atoms with E-state index in [0.717, 1.165) is 25.7 Å². The molecule has 0 bridgehead atoms. The van der Waals surface area contributed by atoms with Crippen molar-refractivity contribution in [1.29, 1.82) is 0 Å². The molecule has 0 fully saturated rings. The minimum Gasteiger partial charge on any atom is -0.465 e. The highest BCUT2D eigenvalue weighted by atomic mass is 16.6. The topological polar surface area (TPSA) is 44.7 Å². The average Bonchev–Trinajstić information content (AvgIpc) is 3.08. The summed E-state index contributed by atoms with van der Waals surface area (Å²) in [6, 6.07) is 7.31. The lowest BCUT2D eigenvalue weighted by Crippen LogP contribution is -1.94. The van der Waals surface area contributed by atoms with Crippen LogP contribution in [0.4, 0.5) is 0 Å². The number of hydrogen-bond acceptors (Lipinski definition) is 4. The first-order chi connectivity index (χ1) is 9.83. The average molecular weight is 278 g/mol. The van der Waals surface area contributed by atoms with Crippen LogP contribution in [0.5, 0.6) is 11.9 Å². The van der Waals surface area contributed by atoms with Gasteiger partial charge in [0.1, 0.15) is 0 Å². The van der Waals surface area contributed by atoms with E-state index in [4.69, 9.17) is 18.3 Å². The molecule has 0 saturated heterocycles. The van der Waals surface area contributed by atoms with Crippen LogP contribution in [0.3, 0.4) is 0 Å². The van der Waals surface area contributed by atoms with Crippen molar-refractivity contribution in [1.82, 2.24) is 0 Å². The molecule has 0 aliphatic rings. The van der Waals surface area contributed by atoms with E-state index in [1.807, 2.05) is 24.3 Å². The highest BCUT2D eigenvalue weighted by molar-refractivity contribution is 5.51. The number of unbranched alkanes of at least 4 members (excludes halogenated alkanes) is 2. The van der Waals surface area contributed by atoms with Crippen molar-refractivity contribution in [3.63, 3.8) is 0 Å². The maximum Gasteiger partial charge on any atom is 0.284 e. The first-order valence-corrected chi connectivity index (χ1v) is 7.29. The second kappa shape index (κ2) is 7.68. The molecule has 0 atom stereocenters. The lowest BCUT2D eigenvalue weighted by Gasteiger charge is -2.00. The van der Waals surface area contributed by atoms with E-state index in [9.17, 15) is 0 Å². The largest absolute Gasteiger partial charge is 0.465 e. The van der Waals surface area contributed by atoms with Gasteiger partial charge in [0.25, 0.3) is 11.9 Å². The SMILES string of the molecule is CCCCOc1ccc(-c2ccc(OCCCC)o2)o1. The van der Waals surface area contributed by atoms with Gasteiger partial charge in [0, 0.05) is 12.1 Å². The van der Waals surface area contributed by atoms with Crippen LogP contribution in [-0.4, -0.2) is 13.2 Å². The lowest BCUT2D eigenvalue weighted by atomic mass is 10.3. The Hall–Kier alpha value is -1.84. The molecule has 0 amide bonds. The monoisotopic (exact) mass is 278 g/mol. The van der Waals surface area contributed by atoms with Crippen LogP contribution < -0.4 is 9.47 Å². The quantitative estimate of drug-likeness (QED) is 0.612. The number of furan rings is 2. The second-order valence-electron chi connectivity index (χ2n) is 4.64. The molecule has 2 rings (SSSR count). The Kier molecular flexibility index (Phi) is 5.59. The minimum atomic E-state index is 0.526. The van der Waals surface area contributed by atoms with Gasteiger partial charge in [-0.2, -0.15) is 0 Å². The van der Waals surface area contributed by atoms with Gasteiger partial charge in [0.2, 0.25) is 0 Å². The fraction of sp³-hybridized carbons (Fsp3) is 0.500. The van der Waals surface area contributed by atoms with Crippen LogP contribution in [-0.2, 0) is 0 Å². The van der Waals surface area contributed by atoms with Gasteiger partial charge in [0.05, 0.1) is 13.2 Å². The van der Waals surface area contributed by atoms with Crippen LogP contribution in [0.15, 0.2) is 33.1 Å². The zero-order valence-electron chi connectivity index (χ0n) is 12.2. The molecular weight excluding hydrogens is 256 g/mol. The van der Waals surface area contributed by atoms with E-state index >= 15 is 0 Å². The van der Waals surface area contributed by atoms with Gasteiger partial charge in [-0.25, -0.2) is 0 Å². The molecular formula is C16H22O4. The minimum absolute atomic E-state index is 0.526. The molecule has 110 valence electrons. The summed E-state index contributed by atoms with van der Waals surface area (Å²) in [4.78, 5) is 0. The molecule has 0 aromatic carbocycles. The number of hydrogen-bond donors (Lipinski definition) is 0. The normalized spacial score (nSPS) is 10.7. The first kappa shape index (κ1) is 14.6. The summed E-state index contributed by atoms with van der Waals surface area (Å²) >= 11 is 0.